The summed E-state index contributed by atoms with van der Waals surface area (Å²) in [7, 11) is 3.90. The van der Waals surface area contributed by atoms with Gasteiger partial charge in [-0.15, -0.1) is 0 Å². The van der Waals surface area contributed by atoms with E-state index in [1.165, 1.54) is 5.56 Å². The van der Waals surface area contributed by atoms with Crippen LogP contribution in [0.1, 0.15) is 30.5 Å². The van der Waals surface area contributed by atoms with Crippen LogP contribution in [0.5, 0.6) is 11.8 Å². The van der Waals surface area contributed by atoms with Crippen molar-refractivity contribution >= 4 is 22.4 Å². The fourth-order valence-electron chi connectivity index (χ4n) is 6.93. The van der Waals surface area contributed by atoms with Gasteiger partial charge >= 0.3 is 6.01 Å². The lowest BCUT2D eigenvalue weighted by molar-refractivity contribution is 0.0650. The van der Waals surface area contributed by atoms with E-state index < -0.39 is 0 Å². The molecule has 0 unspecified atom stereocenters. The van der Waals surface area contributed by atoms with Crippen LogP contribution in [0.2, 0.25) is 0 Å². The fraction of sp³-hybridized carbons (Fsp3) is 0.562. The van der Waals surface area contributed by atoms with E-state index >= 15 is 0 Å². The number of nitrogens with zero attached hydrogens (tertiary/aromatic N) is 8. The van der Waals surface area contributed by atoms with Gasteiger partial charge in [0.05, 0.1) is 48.6 Å². The molecule has 1 saturated carbocycles. The van der Waals surface area contributed by atoms with Gasteiger partial charge in [0.25, 0.3) is 0 Å². The fourth-order valence-corrected chi connectivity index (χ4v) is 6.93. The van der Waals surface area contributed by atoms with Crippen molar-refractivity contribution in [2.24, 2.45) is 0 Å². The van der Waals surface area contributed by atoms with E-state index in [1.807, 2.05) is 12.3 Å². The number of aromatic nitrogens is 3. The zero-order valence-corrected chi connectivity index (χ0v) is 25.3. The minimum atomic E-state index is 0.105. The molecule has 1 atom stereocenters. The number of benzene rings is 1. The number of methoxy groups -OCH3 is 1. The number of para-hydroxylation sites is 1. The average molecular weight is 584 g/mol. The van der Waals surface area contributed by atoms with Crippen LogP contribution in [0, 0.1) is 11.3 Å². The highest BCUT2D eigenvalue weighted by Gasteiger charge is 2.49. The maximum Gasteiger partial charge on any atom is 0.318 e. The van der Waals surface area contributed by atoms with Crippen LogP contribution >= 0.6 is 0 Å². The molecule has 7 rings (SSSR count). The van der Waals surface area contributed by atoms with E-state index in [4.69, 9.17) is 24.4 Å². The molecule has 0 spiro atoms. The monoisotopic (exact) mass is 583 g/mol. The molecule has 1 N–H and O–H groups in total. The number of anilines is 2. The van der Waals surface area contributed by atoms with Gasteiger partial charge in [0.2, 0.25) is 0 Å². The van der Waals surface area contributed by atoms with Crippen molar-refractivity contribution in [1.29, 1.82) is 5.26 Å². The Morgan fingerprint density at radius 3 is 2.72 bits per heavy atom. The molecule has 226 valence electrons. The summed E-state index contributed by atoms with van der Waals surface area (Å²) >= 11 is 0. The van der Waals surface area contributed by atoms with Gasteiger partial charge in [0.15, 0.2) is 0 Å². The highest BCUT2D eigenvalue weighted by Crippen LogP contribution is 2.43. The molecule has 11 nitrogen and oxygen atoms in total. The summed E-state index contributed by atoms with van der Waals surface area (Å²) in [6.45, 7) is 8.86. The Bertz CT molecular complexity index is 1510. The second-order valence-corrected chi connectivity index (χ2v) is 12.4. The van der Waals surface area contributed by atoms with Crippen molar-refractivity contribution in [3.8, 4) is 17.8 Å². The summed E-state index contributed by atoms with van der Waals surface area (Å²) in [6.07, 6.45) is 5.43. The SMILES string of the molecule is COc1ccnc2c(N3CCc4c(nc(OCC5(N6CCN(C)CC6)CC5)nc4N4CCN[C@@H](CC#N)C4)C3)cccc12. The van der Waals surface area contributed by atoms with Crippen LogP contribution in [0.3, 0.4) is 0 Å². The largest absolute Gasteiger partial charge is 0.496 e. The third kappa shape index (κ3) is 5.55. The average Bonchev–Trinajstić information content (AvgIpc) is 3.84. The van der Waals surface area contributed by atoms with Crippen LogP contribution in [0.4, 0.5) is 11.5 Å². The number of piperazine rings is 2. The predicted molar refractivity (Wildman–Crippen MR) is 166 cm³/mol. The molecule has 2 aromatic heterocycles. The first-order chi connectivity index (χ1) is 21.1. The van der Waals surface area contributed by atoms with Crippen LogP contribution < -0.4 is 24.6 Å². The lowest BCUT2D eigenvalue weighted by Gasteiger charge is -2.38. The van der Waals surface area contributed by atoms with E-state index in [-0.39, 0.29) is 11.6 Å². The molecular weight excluding hydrogens is 542 g/mol. The van der Waals surface area contributed by atoms with Crippen molar-refractivity contribution in [3.05, 3.63) is 41.7 Å². The molecule has 43 heavy (non-hydrogen) atoms. The lowest BCUT2D eigenvalue weighted by Crippen LogP contribution is -2.52. The van der Waals surface area contributed by atoms with Crippen molar-refractivity contribution in [2.75, 3.05) is 82.9 Å². The molecule has 3 aromatic rings. The summed E-state index contributed by atoms with van der Waals surface area (Å²) in [4.78, 5) is 24.6. The Labute approximate surface area is 253 Å². The maximum absolute atomic E-state index is 9.35. The zero-order valence-electron chi connectivity index (χ0n) is 25.3. The van der Waals surface area contributed by atoms with E-state index in [2.05, 4.69) is 56.2 Å². The molecule has 5 heterocycles. The van der Waals surface area contributed by atoms with Gasteiger partial charge in [0, 0.05) is 75.5 Å². The molecule has 3 fully saturated rings. The van der Waals surface area contributed by atoms with E-state index in [1.54, 1.807) is 7.11 Å². The van der Waals surface area contributed by atoms with E-state index in [0.29, 0.717) is 25.6 Å². The lowest BCUT2D eigenvalue weighted by atomic mass is 10.0. The van der Waals surface area contributed by atoms with Crippen LogP contribution in [-0.4, -0.2) is 109 Å². The van der Waals surface area contributed by atoms with Gasteiger partial charge in [-0.25, -0.2) is 0 Å². The standard InChI is InChI=1S/C32H41N9O2/c1-38-16-18-41(19-17-38)32(9-10-32)22-43-31-36-26-21-39(27-5-3-4-25-28(42-2)7-12-35-29(25)27)14-8-24(26)30(37-31)40-15-13-34-23(20-40)6-11-33/h3-5,7,12,23,34H,6,8-10,13-22H2,1-2H3/t23-/m0/s1. The predicted octanol–water partition coefficient (Wildman–Crippen LogP) is 2.45. The van der Waals surface area contributed by atoms with E-state index in [0.717, 1.165) is 105 Å². The first-order valence-corrected chi connectivity index (χ1v) is 15.5. The Balaban J connectivity index is 1.19. The number of hydrogen-bond donors (Lipinski definition) is 1. The number of rotatable bonds is 8. The summed E-state index contributed by atoms with van der Waals surface area (Å²) < 4.78 is 12.1. The third-order valence-electron chi connectivity index (χ3n) is 9.66. The second-order valence-electron chi connectivity index (χ2n) is 12.4. The molecule has 0 radical (unpaired) electrons. The molecular formula is C32H41N9O2. The van der Waals surface area contributed by atoms with Gasteiger partial charge in [-0.2, -0.15) is 15.2 Å². The Morgan fingerprint density at radius 1 is 1.07 bits per heavy atom. The first kappa shape index (κ1) is 28.1. The number of nitriles is 1. The van der Waals surface area contributed by atoms with Crippen LogP contribution in [0.25, 0.3) is 10.9 Å². The highest BCUT2D eigenvalue weighted by molar-refractivity contribution is 5.94. The molecule has 11 heteroatoms. The van der Waals surface area contributed by atoms with E-state index in [9.17, 15) is 5.26 Å². The summed E-state index contributed by atoms with van der Waals surface area (Å²) in [5, 5.41) is 13.8. The normalized spacial score (nSPS) is 22.2. The number of fused-ring (bicyclic) bond motifs is 2. The molecule has 1 aromatic carbocycles. The molecule has 1 aliphatic carbocycles. The maximum atomic E-state index is 9.35. The topological polar surface area (TPSA) is 106 Å². The van der Waals surface area contributed by atoms with Crippen LogP contribution in [0.15, 0.2) is 30.5 Å². The highest BCUT2D eigenvalue weighted by atomic mass is 16.5. The molecule has 0 amide bonds. The third-order valence-corrected chi connectivity index (χ3v) is 9.66. The second kappa shape index (κ2) is 11.8. The first-order valence-electron chi connectivity index (χ1n) is 15.5. The number of ether oxygens (including phenoxy) is 2. The number of likely N-dealkylation sites (N-methyl/N-ethyl adjacent to an activating group) is 1. The van der Waals surface area contributed by atoms with Crippen molar-refractivity contribution in [1.82, 2.24) is 30.1 Å². The molecule has 2 saturated heterocycles. The summed E-state index contributed by atoms with van der Waals surface area (Å²) in [6, 6.07) is 11.1. The Hall–Kier alpha value is -3.72. The number of pyridine rings is 1. The quantitative estimate of drug-likeness (QED) is 0.423. The number of nitrogens with one attached hydrogen (secondary N) is 1. The molecule has 4 aliphatic rings. The van der Waals surface area contributed by atoms with Gasteiger partial charge in [0.1, 0.15) is 18.2 Å². The van der Waals surface area contributed by atoms with Gasteiger partial charge in [-0.1, -0.05) is 6.07 Å². The van der Waals surface area contributed by atoms with Crippen molar-refractivity contribution in [2.45, 2.75) is 43.8 Å². The zero-order chi connectivity index (χ0) is 29.4. The Morgan fingerprint density at radius 2 is 1.93 bits per heavy atom. The molecule has 0 bridgehead atoms. The van der Waals surface area contributed by atoms with Gasteiger partial charge < -0.3 is 29.5 Å². The minimum absolute atomic E-state index is 0.105. The minimum Gasteiger partial charge on any atom is -0.496 e. The summed E-state index contributed by atoms with van der Waals surface area (Å²) in [5.41, 5.74) is 4.30. The smallest absolute Gasteiger partial charge is 0.318 e. The van der Waals surface area contributed by atoms with Crippen LogP contribution in [-0.2, 0) is 13.0 Å². The summed E-state index contributed by atoms with van der Waals surface area (Å²) in [5.74, 6) is 1.79. The Kier molecular flexibility index (Phi) is 7.67. The number of hydrogen-bond acceptors (Lipinski definition) is 11. The van der Waals surface area contributed by atoms with Crippen molar-refractivity contribution in [3.63, 3.8) is 0 Å². The van der Waals surface area contributed by atoms with Gasteiger partial charge in [-0.3, -0.25) is 9.88 Å². The van der Waals surface area contributed by atoms with Crippen molar-refractivity contribution < 1.29 is 9.47 Å². The van der Waals surface area contributed by atoms with Gasteiger partial charge in [-0.05, 0) is 44.5 Å². The molecule has 3 aliphatic heterocycles.